The molecule has 0 radical (unpaired) electrons. The van der Waals surface area contributed by atoms with Gasteiger partial charge in [0, 0.05) is 11.6 Å². The van der Waals surface area contributed by atoms with Gasteiger partial charge in [0.1, 0.15) is 0 Å². The molecule has 0 fully saturated rings. The standard InChI is InChI=1S/C9H6N4/c1-2-4-8-7(3-1)6-13-9(11-8)5-10-12-13/h1-6H. The third-order valence-corrected chi connectivity index (χ3v) is 1.99. The summed E-state index contributed by atoms with van der Waals surface area (Å²) in [5.74, 6) is 0. The molecule has 4 heteroatoms. The smallest absolute Gasteiger partial charge is 0.176 e. The Morgan fingerprint density at radius 2 is 2.08 bits per heavy atom. The third-order valence-electron chi connectivity index (χ3n) is 1.99. The molecule has 62 valence electrons. The van der Waals surface area contributed by atoms with Crippen molar-refractivity contribution in [1.82, 2.24) is 19.8 Å². The number of aromatic nitrogens is 4. The summed E-state index contributed by atoms with van der Waals surface area (Å²) in [7, 11) is 0. The molecule has 0 saturated heterocycles. The first-order valence-electron chi connectivity index (χ1n) is 3.99. The molecule has 1 aromatic carbocycles. The monoisotopic (exact) mass is 170 g/mol. The minimum absolute atomic E-state index is 0.777. The number of hydrogen-bond donors (Lipinski definition) is 0. The number of para-hydroxylation sites is 1. The Morgan fingerprint density at radius 1 is 1.15 bits per heavy atom. The lowest BCUT2D eigenvalue weighted by Crippen LogP contribution is -1.90. The van der Waals surface area contributed by atoms with Crippen LogP contribution in [0.3, 0.4) is 0 Å². The van der Waals surface area contributed by atoms with Gasteiger partial charge >= 0.3 is 0 Å². The molecule has 0 spiro atoms. The maximum absolute atomic E-state index is 4.38. The van der Waals surface area contributed by atoms with E-state index >= 15 is 0 Å². The van der Waals surface area contributed by atoms with E-state index in [0.717, 1.165) is 16.6 Å². The maximum atomic E-state index is 4.38. The Bertz CT molecular complexity index is 520. The van der Waals surface area contributed by atoms with Gasteiger partial charge < -0.3 is 0 Å². The van der Waals surface area contributed by atoms with Gasteiger partial charge in [0.25, 0.3) is 0 Å². The van der Waals surface area contributed by atoms with E-state index in [0.29, 0.717) is 0 Å². The number of fused-ring (bicyclic) bond motifs is 2. The third kappa shape index (κ3) is 0.885. The Kier molecular flexibility index (Phi) is 1.14. The number of rotatable bonds is 0. The van der Waals surface area contributed by atoms with Crippen LogP contribution in [0.1, 0.15) is 0 Å². The van der Waals surface area contributed by atoms with Crippen LogP contribution >= 0.6 is 0 Å². The molecule has 13 heavy (non-hydrogen) atoms. The Balaban J connectivity index is 2.57. The second-order valence-electron chi connectivity index (χ2n) is 2.84. The van der Waals surface area contributed by atoms with Crippen LogP contribution < -0.4 is 0 Å². The second-order valence-corrected chi connectivity index (χ2v) is 2.84. The van der Waals surface area contributed by atoms with E-state index in [2.05, 4.69) is 15.3 Å². The lowest BCUT2D eigenvalue weighted by Gasteiger charge is -1.95. The summed E-state index contributed by atoms with van der Waals surface area (Å²) in [6.45, 7) is 0. The van der Waals surface area contributed by atoms with Gasteiger partial charge in [0.15, 0.2) is 5.65 Å². The summed E-state index contributed by atoms with van der Waals surface area (Å²) in [4.78, 5) is 4.38. The maximum Gasteiger partial charge on any atom is 0.176 e. The van der Waals surface area contributed by atoms with Gasteiger partial charge in [-0.05, 0) is 6.07 Å². The van der Waals surface area contributed by atoms with Gasteiger partial charge in [-0.25, -0.2) is 9.50 Å². The average molecular weight is 170 g/mol. The zero-order chi connectivity index (χ0) is 8.67. The Hall–Kier alpha value is -1.97. The van der Waals surface area contributed by atoms with Crippen molar-refractivity contribution >= 4 is 16.6 Å². The molecule has 2 aromatic heterocycles. The summed E-state index contributed by atoms with van der Waals surface area (Å²) >= 11 is 0. The molecule has 2 heterocycles. The Labute approximate surface area is 73.8 Å². The lowest BCUT2D eigenvalue weighted by molar-refractivity contribution is 0.853. The first kappa shape index (κ1) is 6.54. The van der Waals surface area contributed by atoms with Crippen molar-refractivity contribution in [1.29, 1.82) is 0 Å². The van der Waals surface area contributed by atoms with Crippen LogP contribution in [0.4, 0.5) is 0 Å². The first-order valence-corrected chi connectivity index (χ1v) is 3.99. The van der Waals surface area contributed by atoms with Crippen LogP contribution in [0, 0.1) is 0 Å². The van der Waals surface area contributed by atoms with Gasteiger partial charge in [-0.2, -0.15) is 0 Å². The van der Waals surface area contributed by atoms with E-state index in [9.17, 15) is 0 Å². The highest BCUT2D eigenvalue weighted by Crippen LogP contribution is 2.10. The van der Waals surface area contributed by atoms with Crippen LogP contribution in [-0.4, -0.2) is 19.8 Å². The second kappa shape index (κ2) is 2.26. The minimum Gasteiger partial charge on any atom is -0.227 e. The van der Waals surface area contributed by atoms with E-state index in [1.54, 1.807) is 10.7 Å². The fraction of sp³-hybridized carbons (Fsp3) is 0. The predicted octanol–water partition coefficient (Wildman–Crippen LogP) is 1.28. The SMILES string of the molecule is c1ccc2nc3cnnn3cc2c1. The average Bonchev–Trinajstić information content (AvgIpc) is 2.61. The van der Waals surface area contributed by atoms with Crippen molar-refractivity contribution in [3.8, 4) is 0 Å². The van der Waals surface area contributed by atoms with Gasteiger partial charge in [-0.15, -0.1) is 5.10 Å². The molecule has 0 aliphatic carbocycles. The molecule has 0 amide bonds. The fourth-order valence-electron chi connectivity index (χ4n) is 1.36. The van der Waals surface area contributed by atoms with Crippen molar-refractivity contribution in [2.24, 2.45) is 0 Å². The van der Waals surface area contributed by atoms with E-state index in [4.69, 9.17) is 0 Å². The van der Waals surface area contributed by atoms with E-state index in [1.165, 1.54) is 0 Å². The van der Waals surface area contributed by atoms with Gasteiger partial charge in [-0.1, -0.05) is 23.4 Å². The normalized spacial score (nSPS) is 11.1. The highest BCUT2D eigenvalue weighted by Gasteiger charge is 1.98. The fourth-order valence-corrected chi connectivity index (χ4v) is 1.36. The largest absolute Gasteiger partial charge is 0.227 e. The van der Waals surface area contributed by atoms with Gasteiger partial charge in [0.2, 0.25) is 0 Å². The van der Waals surface area contributed by atoms with Crippen molar-refractivity contribution in [2.45, 2.75) is 0 Å². The molecular formula is C9H6N4. The van der Waals surface area contributed by atoms with Crippen LogP contribution in [-0.2, 0) is 0 Å². The van der Waals surface area contributed by atoms with Gasteiger partial charge in [0.05, 0.1) is 11.7 Å². The van der Waals surface area contributed by atoms with Crippen LogP contribution in [0.5, 0.6) is 0 Å². The highest BCUT2D eigenvalue weighted by atomic mass is 15.4. The first-order chi connectivity index (χ1) is 6.43. The summed E-state index contributed by atoms with van der Waals surface area (Å²) in [6, 6.07) is 7.92. The minimum atomic E-state index is 0.777. The van der Waals surface area contributed by atoms with Crippen molar-refractivity contribution in [3.63, 3.8) is 0 Å². The van der Waals surface area contributed by atoms with Crippen LogP contribution in [0.2, 0.25) is 0 Å². The number of hydrogen-bond acceptors (Lipinski definition) is 3. The topological polar surface area (TPSA) is 43.1 Å². The molecular weight excluding hydrogens is 164 g/mol. The molecule has 3 rings (SSSR count). The summed E-state index contributed by atoms with van der Waals surface area (Å²) in [5.41, 5.74) is 1.75. The lowest BCUT2D eigenvalue weighted by atomic mass is 10.2. The van der Waals surface area contributed by atoms with Crippen molar-refractivity contribution in [2.75, 3.05) is 0 Å². The van der Waals surface area contributed by atoms with Crippen molar-refractivity contribution in [3.05, 3.63) is 36.7 Å². The molecule has 0 bridgehead atoms. The summed E-state index contributed by atoms with van der Waals surface area (Å²) in [6.07, 6.45) is 3.57. The molecule has 0 N–H and O–H groups in total. The molecule has 0 saturated carbocycles. The van der Waals surface area contributed by atoms with E-state index < -0.39 is 0 Å². The molecule has 0 aliphatic heterocycles. The zero-order valence-electron chi connectivity index (χ0n) is 6.75. The highest BCUT2D eigenvalue weighted by molar-refractivity contribution is 5.79. The predicted molar refractivity (Wildman–Crippen MR) is 48.3 cm³/mol. The summed E-state index contributed by atoms with van der Waals surface area (Å²) in [5, 5.41) is 8.72. The molecule has 4 nitrogen and oxygen atoms in total. The van der Waals surface area contributed by atoms with Gasteiger partial charge in [-0.3, -0.25) is 0 Å². The van der Waals surface area contributed by atoms with Crippen molar-refractivity contribution < 1.29 is 0 Å². The number of nitrogens with zero attached hydrogens (tertiary/aromatic N) is 4. The Morgan fingerprint density at radius 3 is 3.08 bits per heavy atom. The molecule has 0 aliphatic rings. The zero-order valence-corrected chi connectivity index (χ0v) is 6.75. The molecule has 0 unspecified atom stereocenters. The summed E-state index contributed by atoms with van der Waals surface area (Å²) < 4.78 is 1.67. The molecule has 3 aromatic rings. The molecule has 0 atom stereocenters. The quantitative estimate of drug-likeness (QED) is 0.510. The number of benzene rings is 1. The van der Waals surface area contributed by atoms with E-state index in [-0.39, 0.29) is 0 Å². The van der Waals surface area contributed by atoms with E-state index in [1.807, 2.05) is 30.5 Å². The van der Waals surface area contributed by atoms with Crippen LogP contribution in [0.15, 0.2) is 36.7 Å². The van der Waals surface area contributed by atoms with Crippen LogP contribution in [0.25, 0.3) is 16.6 Å².